The number of fused-ring (bicyclic) bond motifs is 1. The summed E-state index contributed by atoms with van der Waals surface area (Å²) in [5, 5.41) is 12.7. The van der Waals surface area contributed by atoms with Crippen molar-refractivity contribution >= 4 is 22.4 Å². The topological polar surface area (TPSA) is 93.2 Å². The van der Waals surface area contributed by atoms with Gasteiger partial charge in [-0.3, -0.25) is 0 Å². The Morgan fingerprint density at radius 1 is 1.03 bits per heavy atom. The lowest BCUT2D eigenvalue weighted by Crippen LogP contribution is -2.38. The lowest BCUT2D eigenvalue weighted by molar-refractivity contribution is 0.187. The number of hydrogen-bond donors (Lipinski definition) is 3. The standard InChI is InChI=1S/C30H34N6O2/c1-20-9-10-23-24(6-2-8-26(23)34-17-21-12-16-37-19-21)28(20)38-29-25(7-4-14-32-29)27-11-15-33-30(36-27)35-22-5-3-13-31-18-22/h2,4,6-11,14-15,21-22,31,34H,3,5,12-13,16-19H2,1H3,(H,33,35,36)/t21?,22-/m0/s1. The van der Waals surface area contributed by atoms with Gasteiger partial charge in [-0.25, -0.2) is 15.0 Å². The summed E-state index contributed by atoms with van der Waals surface area (Å²) in [5.41, 5.74) is 3.74. The zero-order valence-electron chi connectivity index (χ0n) is 21.7. The number of rotatable bonds is 8. The van der Waals surface area contributed by atoms with E-state index >= 15 is 0 Å². The zero-order valence-corrected chi connectivity index (χ0v) is 21.7. The monoisotopic (exact) mass is 510 g/mol. The number of pyridine rings is 1. The van der Waals surface area contributed by atoms with Crippen molar-refractivity contribution in [2.75, 3.05) is 43.5 Å². The molecule has 1 unspecified atom stereocenters. The molecule has 196 valence electrons. The number of aromatic nitrogens is 3. The van der Waals surface area contributed by atoms with Crippen molar-refractivity contribution < 1.29 is 9.47 Å². The summed E-state index contributed by atoms with van der Waals surface area (Å²) < 4.78 is 12.1. The molecule has 0 amide bonds. The summed E-state index contributed by atoms with van der Waals surface area (Å²) in [7, 11) is 0. The fourth-order valence-corrected chi connectivity index (χ4v) is 5.23. The smallest absolute Gasteiger partial charge is 0.228 e. The summed E-state index contributed by atoms with van der Waals surface area (Å²) in [6.45, 7) is 6.63. The quantitative estimate of drug-likeness (QED) is 0.290. The largest absolute Gasteiger partial charge is 0.437 e. The van der Waals surface area contributed by atoms with Gasteiger partial charge >= 0.3 is 0 Å². The number of piperidine rings is 1. The minimum Gasteiger partial charge on any atom is -0.437 e. The van der Waals surface area contributed by atoms with Crippen molar-refractivity contribution in [3.05, 3.63) is 66.5 Å². The van der Waals surface area contributed by atoms with Gasteiger partial charge in [0, 0.05) is 60.5 Å². The van der Waals surface area contributed by atoms with Crippen LogP contribution in [0.15, 0.2) is 60.9 Å². The summed E-state index contributed by atoms with van der Waals surface area (Å²) in [6, 6.07) is 16.7. The molecule has 2 saturated heterocycles. The van der Waals surface area contributed by atoms with Gasteiger partial charge in [-0.15, -0.1) is 0 Å². The third-order valence-electron chi connectivity index (χ3n) is 7.35. The summed E-state index contributed by atoms with van der Waals surface area (Å²) in [5.74, 6) is 2.49. The predicted octanol–water partition coefficient (Wildman–Crippen LogP) is 5.40. The molecule has 0 bridgehead atoms. The average molecular weight is 511 g/mol. The van der Waals surface area contributed by atoms with Gasteiger partial charge < -0.3 is 25.4 Å². The van der Waals surface area contributed by atoms with Crippen LogP contribution in [0.5, 0.6) is 11.6 Å². The average Bonchev–Trinajstić information content (AvgIpc) is 3.48. The molecule has 4 heterocycles. The van der Waals surface area contributed by atoms with Crippen molar-refractivity contribution in [1.29, 1.82) is 0 Å². The second-order valence-corrected chi connectivity index (χ2v) is 10.1. The van der Waals surface area contributed by atoms with Crippen LogP contribution < -0.4 is 20.7 Å². The molecule has 0 radical (unpaired) electrons. The van der Waals surface area contributed by atoms with Gasteiger partial charge in [-0.2, -0.15) is 0 Å². The van der Waals surface area contributed by atoms with Crippen LogP contribution in [-0.2, 0) is 4.74 Å². The Bertz CT molecular complexity index is 1400. The van der Waals surface area contributed by atoms with E-state index in [0.717, 1.165) is 91.1 Å². The lowest BCUT2D eigenvalue weighted by atomic mass is 10.0. The van der Waals surface area contributed by atoms with E-state index in [1.807, 2.05) is 18.2 Å². The molecule has 6 rings (SSSR count). The molecule has 2 aromatic heterocycles. The molecule has 3 N–H and O–H groups in total. The zero-order chi connectivity index (χ0) is 25.7. The van der Waals surface area contributed by atoms with Gasteiger partial charge in [-0.05, 0) is 62.6 Å². The first-order valence-electron chi connectivity index (χ1n) is 13.5. The van der Waals surface area contributed by atoms with Crippen LogP contribution in [0.2, 0.25) is 0 Å². The van der Waals surface area contributed by atoms with Gasteiger partial charge in [0.1, 0.15) is 5.75 Å². The normalized spacial score (nSPS) is 19.4. The van der Waals surface area contributed by atoms with Crippen molar-refractivity contribution in [3.63, 3.8) is 0 Å². The summed E-state index contributed by atoms with van der Waals surface area (Å²) in [4.78, 5) is 13.9. The van der Waals surface area contributed by atoms with E-state index in [1.165, 1.54) is 0 Å². The Balaban J connectivity index is 1.29. The molecule has 2 aromatic carbocycles. The van der Waals surface area contributed by atoms with E-state index in [9.17, 15) is 0 Å². The highest BCUT2D eigenvalue weighted by Gasteiger charge is 2.19. The molecule has 8 heteroatoms. The van der Waals surface area contributed by atoms with E-state index in [1.54, 1.807) is 12.4 Å². The highest BCUT2D eigenvalue weighted by atomic mass is 16.5. The number of benzene rings is 2. The number of ether oxygens (including phenoxy) is 2. The first kappa shape index (κ1) is 24.6. The van der Waals surface area contributed by atoms with Gasteiger partial charge in [0.2, 0.25) is 11.8 Å². The molecular weight excluding hydrogens is 476 g/mol. The maximum atomic E-state index is 6.58. The summed E-state index contributed by atoms with van der Waals surface area (Å²) in [6.07, 6.45) is 6.89. The van der Waals surface area contributed by atoms with E-state index < -0.39 is 0 Å². The molecule has 2 aliphatic heterocycles. The Hall–Kier alpha value is -3.75. The molecular formula is C30H34N6O2. The minimum atomic E-state index is 0.325. The lowest BCUT2D eigenvalue weighted by Gasteiger charge is -2.23. The van der Waals surface area contributed by atoms with Crippen LogP contribution in [0, 0.1) is 12.8 Å². The molecule has 4 aromatic rings. The first-order chi connectivity index (χ1) is 18.7. The third kappa shape index (κ3) is 5.42. The van der Waals surface area contributed by atoms with E-state index in [4.69, 9.17) is 14.5 Å². The van der Waals surface area contributed by atoms with Gasteiger partial charge in [0.05, 0.1) is 17.9 Å². The second-order valence-electron chi connectivity index (χ2n) is 10.1. The van der Waals surface area contributed by atoms with E-state index in [0.29, 0.717) is 23.8 Å². The van der Waals surface area contributed by atoms with Crippen LogP contribution in [0.4, 0.5) is 11.6 Å². The van der Waals surface area contributed by atoms with Crippen LogP contribution in [0.1, 0.15) is 24.8 Å². The number of nitrogens with one attached hydrogen (secondary N) is 3. The summed E-state index contributed by atoms with van der Waals surface area (Å²) >= 11 is 0. The molecule has 2 atom stereocenters. The highest BCUT2D eigenvalue weighted by Crippen LogP contribution is 2.38. The Morgan fingerprint density at radius 2 is 2.00 bits per heavy atom. The molecule has 2 aliphatic rings. The molecule has 38 heavy (non-hydrogen) atoms. The van der Waals surface area contributed by atoms with Crippen LogP contribution >= 0.6 is 0 Å². The molecule has 2 fully saturated rings. The Morgan fingerprint density at radius 3 is 2.87 bits per heavy atom. The van der Waals surface area contributed by atoms with Crippen molar-refractivity contribution in [2.45, 2.75) is 32.2 Å². The Labute approximate surface area is 223 Å². The molecule has 0 saturated carbocycles. The fraction of sp³-hybridized carbons (Fsp3) is 0.367. The van der Waals surface area contributed by atoms with Gasteiger partial charge in [0.25, 0.3) is 0 Å². The van der Waals surface area contributed by atoms with Gasteiger partial charge in [0.15, 0.2) is 0 Å². The predicted molar refractivity (Wildman–Crippen MR) is 151 cm³/mol. The van der Waals surface area contributed by atoms with Crippen LogP contribution in [-0.4, -0.2) is 53.8 Å². The SMILES string of the molecule is Cc1ccc2c(NCC3CCOC3)cccc2c1Oc1ncccc1-c1ccnc(N[C@H]2CCCNC2)n1. The van der Waals surface area contributed by atoms with Crippen molar-refractivity contribution in [2.24, 2.45) is 5.92 Å². The van der Waals surface area contributed by atoms with E-state index in [-0.39, 0.29) is 0 Å². The number of anilines is 2. The minimum absolute atomic E-state index is 0.325. The molecule has 8 nitrogen and oxygen atoms in total. The number of aryl methyl sites for hydroxylation is 1. The number of hydrogen-bond acceptors (Lipinski definition) is 8. The first-order valence-corrected chi connectivity index (χ1v) is 13.5. The van der Waals surface area contributed by atoms with Crippen molar-refractivity contribution in [3.8, 4) is 22.9 Å². The maximum Gasteiger partial charge on any atom is 0.228 e. The highest BCUT2D eigenvalue weighted by molar-refractivity contribution is 5.98. The third-order valence-corrected chi connectivity index (χ3v) is 7.35. The molecule has 0 aliphatic carbocycles. The van der Waals surface area contributed by atoms with Gasteiger partial charge in [-0.1, -0.05) is 24.3 Å². The Kier molecular flexibility index (Phi) is 7.33. The van der Waals surface area contributed by atoms with Crippen LogP contribution in [0.3, 0.4) is 0 Å². The van der Waals surface area contributed by atoms with Crippen LogP contribution in [0.25, 0.3) is 22.0 Å². The maximum absolute atomic E-state index is 6.58. The fourth-order valence-electron chi connectivity index (χ4n) is 5.23. The number of nitrogens with zero attached hydrogens (tertiary/aromatic N) is 3. The van der Waals surface area contributed by atoms with E-state index in [2.05, 4.69) is 63.2 Å². The second kappa shape index (κ2) is 11.3. The van der Waals surface area contributed by atoms with Crippen molar-refractivity contribution in [1.82, 2.24) is 20.3 Å². The molecule has 0 spiro atoms.